The lowest BCUT2D eigenvalue weighted by Crippen LogP contribution is -2.30. The quantitative estimate of drug-likeness (QED) is 0.638. The first-order chi connectivity index (χ1) is 12.3. The van der Waals surface area contributed by atoms with Crippen LogP contribution in [0.15, 0.2) is 85.8 Å². The van der Waals surface area contributed by atoms with Crippen molar-refractivity contribution < 1.29 is 9.53 Å². The van der Waals surface area contributed by atoms with Gasteiger partial charge in [0.25, 0.3) is 5.91 Å². The molecule has 0 radical (unpaired) electrons. The number of amides is 1. The Balaban J connectivity index is 1.85. The van der Waals surface area contributed by atoms with Crippen molar-refractivity contribution in [3.8, 4) is 11.6 Å². The zero-order valence-corrected chi connectivity index (χ0v) is 13.6. The van der Waals surface area contributed by atoms with E-state index in [-0.39, 0.29) is 5.91 Å². The number of nitrogens with zero attached hydrogens (tertiary/aromatic N) is 3. The third-order valence-corrected chi connectivity index (χ3v) is 3.47. The minimum absolute atomic E-state index is 0.129. The van der Waals surface area contributed by atoms with E-state index in [4.69, 9.17) is 4.74 Å². The highest BCUT2D eigenvalue weighted by atomic mass is 16.5. The molecule has 0 bridgehead atoms. The maximum absolute atomic E-state index is 12.9. The summed E-state index contributed by atoms with van der Waals surface area (Å²) in [5.41, 5.74) is 1.33. The molecule has 124 valence electrons. The van der Waals surface area contributed by atoms with Gasteiger partial charge in [-0.3, -0.25) is 9.78 Å². The summed E-state index contributed by atoms with van der Waals surface area (Å²) >= 11 is 0. The van der Waals surface area contributed by atoms with Crippen LogP contribution in [0.1, 0.15) is 10.4 Å². The second-order valence-electron chi connectivity index (χ2n) is 5.21. The zero-order valence-electron chi connectivity index (χ0n) is 13.6. The fraction of sp³-hybridized carbons (Fsp3) is 0.0500. The summed E-state index contributed by atoms with van der Waals surface area (Å²) in [6.45, 7) is 4.16. The Morgan fingerprint density at radius 2 is 1.96 bits per heavy atom. The molecule has 3 rings (SSSR count). The van der Waals surface area contributed by atoms with Crippen molar-refractivity contribution in [2.45, 2.75) is 0 Å². The van der Waals surface area contributed by atoms with E-state index in [0.717, 1.165) is 5.69 Å². The number of benzene rings is 2. The molecule has 0 N–H and O–H groups in total. The predicted octanol–water partition coefficient (Wildman–Crippen LogP) is 4.10. The molecule has 0 atom stereocenters. The van der Waals surface area contributed by atoms with Crippen LogP contribution in [-0.4, -0.2) is 22.4 Å². The van der Waals surface area contributed by atoms with Crippen molar-refractivity contribution in [1.29, 1.82) is 0 Å². The van der Waals surface area contributed by atoms with E-state index in [2.05, 4.69) is 16.5 Å². The Bertz CT molecular complexity index is 851. The molecule has 0 saturated carbocycles. The first-order valence-electron chi connectivity index (χ1n) is 7.79. The summed E-state index contributed by atoms with van der Waals surface area (Å²) in [7, 11) is 0. The molecule has 5 nitrogen and oxygen atoms in total. The predicted molar refractivity (Wildman–Crippen MR) is 96.9 cm³/mol. The average Bonchev–Trinajstić information content (AvgIpc) is 2.67. The van der Waals surface area contributed by atoms with Gasteiger partial charge in [0.2, 0.25) is 5.88 Å². The molecule has 2 aromatic carbocycles. The lowest BCUT2D eigenvalue weighted by Gasteiger charge is -2.21. The van der Waals surface area contributed by atoms with E-state index < -0.39 is 0 Å². The molecular formula is C20H17N3O2. The minimum Gasteiger partial charge on any atom is -0.437 e. The van der Waals surface area contributed by atoms with Gasteiger partial charge in [-0.15, -0.1) is 6.58 Å². The number of rotatable bonds is 6. The fourth-order valence-corrected chi connectivity index (χ4v) is 2.35. The molecule has 0 aliphatic carbocycles. The normalized spacial score (nSPS) is 10.1. The molecule has 0 fully saturated rings. The van der Waals surface area contributed by atoms with Crippen molar-refractivity contribution >= 4 is 11.6 Å². The zero-order chi connectivity index (χ0) is 17.5. The van der Waals surface area contributed by atoms with Crippen LogP contribution in [-0.2, 0) is 0 Å². The molecule has 5 heteroatoms. The third-order valence-electron chi connectivity index (χ3n) is 3.47. The van der Waals surface area contributed by atoms with Gasteiger partial charge in [0.1, 0.15) is 5.75 Å². The van der Waals surface area contributed by atoms with E-state index in [9.17, 15) is 4.79 Å². The van der Waals surface area contributed by atoms with Gasteiger partial charge in [-0.25, -0.2) is 4.98 Å². The average molecular weight is 331 g/mol. The molecule has 1 heterocycles. The highest BCUT2D eigenvalue weighted by Crippen LogP contribution is 2.22. The second kappa shape index (κ2) is 7.88. The summed E-state index contributed by atoms with van der Waals surface area (Å²) in [6.07, 6.45) is 6.33. The number of hydrogen-bond acceptors (Lipinski definition) is 4. The second-order valence-corrected chi connectivity index (χ2v) is 5.21. The van der Waals surface area contributed by atoms with Crippen LogP contribution in [0, 0.1) is 0 Å². The first kappa shape index (κ1) is 16.4. The molecule has 25 heavy (non-hydrogen) atoms. The van der Waals surface area contributed by atoms with Crippen molar-refractivity contribution in [3.63, 3.8) is 0 Å². The summed E-state index contributed by atoms with van der Waals surface area (Å²) < 4.78 is 5.65. The summed E-state index contributed by atoms with van der Waals surface area (Å²) in [6, 6.07) is 16.5. The van der Waals surface area contributed by atoms with Crippen LogP contribution >= 0.6 is 0 Å². The third kappa shape index (κ3) is 4.09. The smallest absolute Gasteiger partial charge is 0.258 e. The molecule has 0 aliphatic heterocycles. The van der Waals surface area contributed by atoms with E-state index >= 15 is 0 Å². The van der Waals surface area contributed by atoms with Crippen LogP contribution in [0.5, 0.6) is 11.6 Å². The van der Waals surface area contributed by atoms with Crippen LogP contribution < -0.4 is 9.64 Å². The first-order valence-corrected chi connectivity index (χ1v) is 7.79. The molecule has 0 unspecified atom stereocenters. The number of ether oxygens (including phenoxy) is 1. The molecule has 1 aromatic heterocycles. The number of aromatic nitrogens is 2. The standard InChI is InChI=1S/C20H17N3O2/c1-2-13-23(17-8-4-3-5-9-17)20(24)16-7-6-10-18(14-16)25-19-15-21-11-12-22-19/h2-12,14-15H,1,13H2. The van der Waals surface area contributed by atoms with Gasteiger partial charge in [-0.05, 0) is 30.3 Å². The van der Waals surface area contributed by atoms with Gasteiger partial charge in [0.15, 0.2) is 0 Å². The van der Waals surface area contributed by atoms with Crippen LogP contribution in [0.25, 0.3) is 0 Å². The van der Waals surface area contributed by atoms with E-state index in [1.165, 1.54) is 6.20 Å². The molecule has 0 saturated heterocycles. The van der Waals surface area contributed by atoms with Crippen LogP contribution in [0.2, 0.25) is 0 Å². The SMILES string of the molecule is C=CCN(C(=O)c1cccc(Oc2cnccn2)c1)c1ccccc1. The van der Waals surface area contributed by atoms with E-state index in [1.54, 1.807) is 47.6 Å². The maximum atomic E-state index is 12.9. The van der Waals surface area contributed by atoms with E-state index in [1.807, 2.05) is 30.3 Å². The number of hydrogen-bond donors (Lipinski definition) is 0. The number of anilines is 1. The largest absolute Gasteiger partial charge is 0.437 e. The maximum Gasteiger partial charge on any atom is 0.258 e. The van der Waals surface area contributed by atoms with Crippen molar-refractivity contribution in [2.75, 3.05) is 11.4 Å². The Morgan fingerprint density at radius 3 is 2.68 bits per heavy atom. The van der Waals surface area contributed by atoms with Gasteiger partial charge in [-0.2, -0.15) is 0 Å². The summed E-state index contributed by atoms with van der Waals surface area (Å²) in [4.78, 5) is 22.6. The molecule has 0 spiro atoms. The van der Waals surface area contributed by atoms with Gasteiger partial charge in [0, 0.05) is 30.2 Å². The summed E-state index contributed by atoms with van der Waals surface area (Å²) in [5.74, 6) is 0.770. The molecular weight excluding hydrogens is 314 g/mol. The fourth-order valence-electron chi connectivity index (χ4n) is 2.35. The van der Waals surface area contributed by atoms with Gasteiger partial charge >= 0.3 is 0 Å². The number of carbonyl (C=O) groups is 1. The van der Waals surface area contributed by atoms with Gasteiger partial charge < -0.3 is 9.64 Å². The van der Waals surface area contributed by atoms with Crippen molar-refractivity contribution in [3.05, 3.63) is 91.4 Å². The number of carbonyl (C=O) groups excluding carboxylic acids is 1. The monoisotopic (exact) mass is 331 g/mol. The van der Waals surface area contributed by atoms with Crippen LogP contribution in [0.3, 0.4) is 0 Å². The van der Waals surface area contributed by atoms with E-state index in [0.29, 0.717) is 23.7 Å². The Labute approximate surface area is 146 Å². The highest BCUT2D eigenvalue weighted by molar-refractivity contribution is 6.06. The Morgan fingerprint density at radius 1 is 1.12 bits per heavy atom. The van der Waals surface area contributed by atoms with Crippen molar-refractivity contribution in [2.24, 2.45) is 0 Å². The van der Waals surface area contributed by atoms with Gasteiger partial charge in [0.05, 0.1) is 6.20 Å². The van der Waals surface area contributed by atoms with Crippen LogP contribution in [0.4, 0.5) is 5.69 Å². The Kier molecular flexibility index (Phi) is 5.16. The molecule has 3 aromatic rings. The van der Waals surface area contributed by atoms with Gasteiger partial charge in [-0.1, -0.05) is 30.3 Å². The highest BCUT2D eigenvalue weighted by Gasteiger charge is 2.17. The summed E-state index contributed by atoms with van der Waals surface area (Å²) in [5, 5.41) is 0. The molecule has 0 aliphatic rings. The topological polar surface area (TPSA) is 55.3 Å². The van der Waals surface area contributed by atoms with Crippen molar-refractivity contribution in [1.82, 2.24) is 9.97 Å². The molecule has 1 amide bonds. The minimum atomic E-state index is -0.129. The lowest BCUT2D eigenvalue weighted by molar-refractivity contribution is 0.0989. The lowest BCUT2D eigenvalue weighted by atomic mass is 10.1. The Hall–Kier alpha value is -3.47. The number of para-hydroxylation sites is 1.